The molecule has 1 N–H and O–H groups in total. The van der Waals surface area contributed by atoms with Crippen molar-refractivity contribution in [1.29, 1.82) is 0 Å². The van der Waals surface area contributed by atoms with E-state index in [9.17, 15) is 0 Å². The van der Waals surface area contributed by atoms with Gasteiger partial charge in [0.2, 0.25) is 0 Å². The minimum absolute atomic E-state index is 0.744. The lowest BCUT2D eigenvalue weighted by atomic mass is 10.4. The van der Waals surface area contributed by atoms with Crippen LogP contribution in [0.2, 0.25) is 0 Å². The van der Waals surface area contributed by atoms with Crippen LogP contribution in [-0.2, 0) is 13.1 Å². The maximum Gasteiger partial charge on any atom is 0.123 e. The van der Waals surface area contributed by atoms with Gasteiger partial charge in [-0.05, 0) is 25.1 Å². The zero-order chi connectivity index (χ0) is 11.2. The van der Waals surface area contributed by atoms with Gasteiger partial charge in [0.15, 0.2) is 0 Å². The molecule has 2 aromatic heterocycles. The highest BCUT2D eigenvalue weighted by Gasteiger charge is 2.02. The van der Waals surface area contributed by atoms with Gasteiger partial charge >= 0.3 is 0 Å². The summed E-state index contributed by atoms with van der Waals surface area (Å²) in [5, 5.41) is 3.31. The molecule has 0 aliphatic carbocycles. The standard InChI is InChI=1S/C12H17N3O/c1-2-5-13-8-11-3-4-12(16-11)9-15-7-6-14-10-15/h3-4,6-7,10,13H,2,5,8-9H2,1H3. The number of aromatic nitrogens is 2. The molecular formula is C12H17N3O. The number of imidazole rings is 1. The summed E-state index contributed by atoms with van der Waals surface area (Å²) in [4.78, 5) is 3.99. The molecule has 0 aliphatic rings. The molecule has 2 aromatic rings. The first-order valence-electron chi connectivity index (χ1n) is 5.62. The van der Waals surface area contributed by atoms with E-state index in [2.05, 4.69) is 17.2 Å². The van der Waals surface area contributed by atoms with Crippen LogP contribution in [0.5, 0.6) is 0 Å². The molecule has 0 fully saturated rings. The van der Waals surface area contributed by atoms with Crippen LogP contribution in [0.15, 0.2) is 35.3 Å². The lowest BCUT2D eigenvalue weighted by Gasteiger charge is -2.00. The Morgan fingerprint density at radius 2 is 2.25 bits per heavy atom. The summed E-state index contributed by atoms with van der Waals surface area (Å²) in [6.07, 6.45) is 6.63. The topological polar surface area (TPSA) is 43.0 Å². The number of hydrogen-bond donors (Lipinski definition) is 1. The van der Waals surface area contributed by atoms with E-state index in [-0.39, 0.29) is 0 Å². The van der Waals surface area contributed by atoms with Gasteiger partial charge in [0.05, 0.1) is 19.4 Å². The Bertz CT molecular complexity index is 406. The number of nitrogens with one attached hydrogen (secondary N) is 1. The summed E-state index contributed by atoms with van der Waals surface area (Å²) in [6.45, 7) is 4.72. The Labute approximate surface area is 95.3 Å². The zero-order valence-corrected chi connectivity index (χ0v) is 9.52. The predicted molar refractivity (Wildman–Crippen MR) is 62.0 cm³/mol. The maximum absolute atomic E-state index is 5.69. The van der Waals surface area contributed by atoms with Crippen molar-refractivity contribution in [1.82, 2.24) is 14.9 Å². The van der Waals surface area contributed by atoms with E-state index >= 15 is 0 Å². The first-order chi connectivity index (χ1) is 7.88. The van der Waals surface area contributed by atoms with Crippen molar-refractivity contribution < 1.29 is 4.42 Å². The number of hydrogen-bond acceptors (Lipinski definition) is 3. The number of nitrogens with zero attached hydrogens (tertiary/aromatic N) is 2. The van der Waals surface area contributed by atoms with Crippen LogP contribution in [0.3, 0.4) is 0 Å². The highest BCUT2D eigenvalue weighted by atomic mass is 16.3. The quantitative estimate of drug-likeness (QED) is 0.756. The molecule has 2 heterocycles. The maximum atomic E-state index is 5.69. The second kappa shape index (κ2) is 5.51. The minimum atomic E-state index is 0.744. The summed E-state index contributed by atoms with van der Waals surface area (Å²) < 4.78 is 7.68. The lowest BCUT2D eigenvalue weighted by Crippen LogP contribution is -2.13. The summed E-state index contributed by atoms with van der Waals surface area (Å²) in [7, 11) is 0. The minimum Gasteiger partial charge on any atom is -0.463 e. The van der Waals surface area contributed by atoms with Gasteiger partial charge in [-0.1, -0.05) is 6.92 Å². The SMILES string of the molecule is CCCNCc1ccc(Cn2ccnc2)o1. The third kappa shape index (κ3) is 2.97. The van der Waals surface area contributed by atoms with Crippen LogP contribution in [0.25, 0.3) is 0 Å². The van der Waals surface area contributed by atoms with Crippen LogP contribution >= 0.6 is 0 Å². The summed E-state index contributed by atoms with van der Waals surface area (Å²) in [5.41, 5.74) is 0. The molecular weight excluding hydrogens is 202 g/mol. The van der Waals surface area contributed by atoms with Gasteiger partial charge in [-0.3, -0.25) is 0 Å². The molecule has 0 saturated carbocycles. The highest BCUT2D eigenvalue weighted by Crippen LogP contribution is 2.09. The highest BCUT2D eigenvalue weighted by molar-refractivity contribution is 5.07. The van der Waals surface area contributed by atoms with Crippen molar-refractivity contribution in [3.8, 4) is 0 Å². The average molecular weight is 219 g/mol. The largest absolute Gasteiger partial charge is 0.463 e. The van der Waals surface area contributed by atoms with E-state index in [4.69, 9.17) is 4.42 Å². The third-order valence-electron chi connectivity index (χ3n) is 2.34. The zero-order valence-electron chi connectivity index (χ0n) is 9.52. The Morgan fingerprint density at radius 1 is 1.38 bits per heavy atom. The van der Waals surface area contributed by atoms with Crippen molar-refractivity contribution >= 4 is 0 Å². The smallest absolute Gasteiger partial charge is 0.123 e. The van der Waals surface area contributed by atoms with Crippen LogP contribution in [0.1, 0.15) is 24.9 Å². The summed E-state index contributed by atoms with van der Waals surface area (Å²) in [6, 6.07) is 4.04. The van der Waals surface area contributed by atoms with Gasteiger partial charge in [-0.15, -0.1) is 0 Å². The van der Waals surface area contributed by atoms with E-state index in [0.717, 1.165) is 37.6 Å². The van der Waals surface area contributed by atoms with Crippen molar-refractivity contribution in [3.05, 3.63) is 42.4 Å². The van der Waals surface area contributed by atoms with Gasteiger partial charge in [-0.2, -0.15) is 0 Å². The molecule has 0 spiro atoms. The van der Waals surface area contributed by atoms with Crippen LogP contribution in [0, 0.1) is 0 Å². The van der Waals surface area contributed by atoms with Gasteiger partial charge in [0, 0.05) is 12.4 Å². The third-order valence-corrected chi connectivity index (χ3v) is 2.34. The fourth-order valence-electron chi connectivity index (χ4n) is 1.55. The van der Waals surface area contributed by atoms with Gasteiger partial charge in [-0.25, -0.2) is 4.98 Å². The fraction of sp³-hybridized carbons (Fsp3) is 0.417. The Hall–Kier alpha value is -1.55. The molecule has 0 aromatic carbocycles. The molecule has 4 heteroatoms. The first kappa shape index (κ1) is 11.0. The van der Waals surface area contributed by atoms with Gasteiger partial charge in [0.1, 0.15) is 11.5 Å². The van der Waals surface area contributed by atoms with Crippen molar-refractivity contribution in [2.75, 3.05) is 6.54 Å². The first-order valence-corrected chi connectivity index (χ1v) is 5.62. The van der Waals surface area contributed by atoms with Crippen LogP contribution in [-0.4, -0.2) is 16.1 Å². The van der Waals surface area contributed by atoms with E-state index in [1.165, 1.54) is 0 Å². The Morgan fingerprint density at radius 3 is 3.00 bits per heavy atom. The van der Waals surface area contributed by atoms with Crippen molar-refractivity contribution in [2.24, 2.45) is 0 Å². The molecule has 0 bridgehead atoms. The molecule has 16 heavy (non-hydrogen) atoms. The molecule has 86 valence electrons. The molecule has 0 saturated heterocycles. The molecule has 0 aliphatic heterocycles. The monoisotopic (exact) mass is 219 g/mol. The molecule has 2 rings (SSSR count). The number of rotatable bonds is 6. The van der Waals surface area contributed by atoms with E-state index in [0.29, 0.717) is 0 Å². The number of furan rings is 1. The van der Waals surface area contributed by atoms with Crippen LogP contribution < -0.4 is 5.32 Å². The molecule has 0 amide bonds. The van der Waals surface area contributed by atoms with Crippen molar-refractivity contribution in [3.63, 3.8) is 0 Å². The lowest BCUT2D eigenvalue weighted by molar-refractivity contribution is 0.437. The van der Waals surface area contributed by atoms with Crippen molar-refractivity contribution in [2.45, 2.75) is 26.4 Å². The molecule has 0 atom stereocenters. The molecule has 0 radical (unpaired) electrons. The normalized spacial score (nSPS) is 10.8. The molecule has 0 unspecified atom stereocenters. The summed E-state index contributed by atoms with van der Waals surface area (Å²) >= 11 is 0. The summed E-state index contributed by atoms with van der Waals surface area (Å²) in [5.74, 6) is 1.95. The van der Waals surface area contributed by atoms with E-state index in [1.807, 2.05) is 22.9 Å². The van der Waals surface area contributed by atoms with E-state index in [1.54, 1.807) is 12.5 Å². The van der Waals surface area contributed by atoms with Gasteiger partial charge in [0.25, 0.3) is 0 Å². The Balaban J connectivity index is 1.87. The van der Waals surface area contributed by atoms with E-state index < -0.39 is 0 Å². The second-order valence-electron chi connectivity index (χ2n) is 3.78. The van der Waals surface area contributed by atoms with Crippen LogP contribution in [0.4, 0.5) is 0 Å². The predicted octanol–water partition coefficient (Wildman–Crippen LogP) is 2.02. The average Bonchev–Trinajstić information content (AvgIpc) is 2.91. The Kier molecular flexibility index (Phi) is 3.77. The fourth-order valence-corrected chi connectivity index (χ4v) is 1.55. The molecule has 4 nitrogen and oxygen atoms in total. The van der Waals surface area contributed by atoms with Gasteiger partial charge < -0.3 is 14.3 Å². The second-order valence-corrected chi connectivity index (χ2v) is 3.78.